The molecule has 0 bridgehead atoms. The third kappa shape index (κ3) is 6.01. The van der Waals surface area contributed by atoms with Gasteiger partial charge in [-0.25, -0.2) is 31.1 Å². The van der Waals surface area contributed by atoms with E-state index < -0.39 is 76.4 Å². The summed E-state index contributed by atoms with van der Waals surface area (Å²) in [6, 6.07) is 5.31. The monoisotopic (exact) mass is 587 g/mol. The zero-order valence-corrected chi connectivity index (χ0v) is 21.5. The van der Waals surface area contributed by atoms with E-state index >= 15 is 0 Å². The van der Waals surface area contributed by atoms with E-state index in [1.807, 2.05) is 0 Å². The van der Waals surface area contributed by atoms with E-state index in [1.165, 1.54) is 24.3 Å². The molecule has 1 aliphatic heterocycles. The van der Waals surface area contributed by atoms with Crippen molar-refractivity contribution in [3.8, 4) is 11.3 Å². The van der Waals surface area contributed by atoms with Gasteiger partial charge in [0.2, 0.25) is 0 Å². The lowest BCUT2D eigenvalue weighted by molar-refractivity contribution is -0.238. The standard InChI is InChI=1S/C24H24F3N3O9S/c1-40(36,37)13-4-2-11(3-5-13)10-38-23(24(34)35)22-21(33)19(20(32)17(9-31)39-22)30-8-16(28-29-30)12-6-14(25)18(27)15(26)7-12/h2-8,17,19-23,31-33H,9-10H2,1H3,(H,34,35)/t17?,19?,20-,21?,22+,23-/m0/s1. The highest BCUT2D eigenvalue weighted by Gasteiger charge is 2.50. The van der Waals surface area contributed by atoms with Gasteiger partial charge in [-0.05, 0) is 29.8 Å². The second-order valence-electron chi connectivity index (χ2n) is 9.12. The first kappa shape index (κ1) is 29.6. The lowest BCUT2D eigenvalue weighted by atomic mass is 9.90. The molecule has 1 aliphatic rings. The molecule has 12 nitrogen and oxygen atoms in total. The Balaban J connectivity index is 1.59. The smallest absolute Gasteiger partial charge is 0.335 e. The number of hydrogen-bond acceptors (Lipinski definition) is 10. The van der Waals surface area contributed by atoms with Crippen molar-refractivity contribution in [1.29, 1.82) is 0 Å². The van der Waals surface area contributed by atoms with Crippen molar-refractivity contribution in [2.75, 3.05) is 12.9 Å². The number of ether oxygens (including phenoxy) is 2. The maximum atomic E-state index is 13.7. The predicted octanol–water partition coefficient (Wildman–Crippen LogP) is 0.459. The quantitative estimate of drug-likeness (QED) is 0.255. The van der Waals surface area contributed by atoms with Gasteiger partial charge in [-0.2, -0.15) is 0 Å². The first-order valence-electron chi connectivity index (χ1n) is 11.6. The normalized spacial score (nSPS) is 24.1. The minimum absolute atomic E-state index is 0.0398. The SMILES string of the molecule is CS(=O)(=O)c1ccc(CO[C@H](C(=O)O)[C@@H]2OC(CO)[C@H](O)C(n3cc(-c4cc(F)c(F)c(F)c4)nn3)C2O)cc1. The molecule has 0 saturated carbocycles. The van der Waals surface area contributed by atoms with Crippen LogP contribution < -0.4 is 0 Å². The Bertz CT molecular complexity index is 1460. The molecular formula is C24H24F3N3O9S. The number of sulfone groups is 1. The van der Waals surface area contributed by atoms with E-state index in [0.29, 0.717) is 17.7 Å². The molecule has 1 fully saturated rings. The molecule has 216 valence electrons. The Morgan fingerprint density at radius 1 is 1.12 bits per heavy atom. The number of rotatable bonds is 9. The predicted molar refractivity (Wildman–Crippen MR) is 128 cm³/mol. The minimum Gasteiger partial charge on any atom is -0.479 e. The van der Waals surface area contributed by atoms with Crippen LogP contribution in [0.5, 0.6) is 0 Å². The number of hydrogen-bond donors (Lipinski definition) is 4. The van der Waals surface area contributed by atoms with Gasteiger partial charge in [0, 0.05) is 11.8 Å². The maximum Gasteiger partial charge on any atom is 0.335 e. The number of carbonyl (C=O) groups is 1. The Kier molecular flexibility index (Phi) is 8.57. The van der Waals surface area contributed by atoms with Crippen LogP contribution >= 0.6 is 0 Å². The highest BCUT2D eigenvalue weighted by atomic mass is 32.2. The average Bonchev–Trinajstić information content (AvgIpc) is 3.37. The molecule has 4 rings (SSSR count). The molecule has 0 aliphatic carbocycles. The first-order chi connectivity index (χ1) is 18.8. The zero-order valence-electron chi connectivity index (χ0n) is 20.6. The Hall–Kier alpha value is -3.41. The van der Waals surface area contributed by atoms with Crippen LogP contribution in [0.25, 0.3) is 11.3 Å². The summed E-state index contributed by atoms with van der Waals surface area (Å²) in [7, 11) is -3.46. The summed E-state index contributed by atoms with van der Waals surface area (Å²) in [4.78, 5) is 12.1. The van der Waals surface area contributed by atoms with Crippen molar-refractivity contribution in [2.45, 2.75) is 48.1 Å². The number of aliphatic hydroxyl groups excluding tert-OH is 3. The van der Waals surface area contributed by atoms with Gasteiger partial charge in [-0.1, -0.05) is 17.3 Å². The van der Waals surface area contributed by atoms with Crippen molar-refractivity contribution in [1.82, 2.24) is 15.0 Å². The van der Waals surface area contributed by atoms with Crippen molar-refractivity contribution in [2.24, 2.45) is 0 Å². The highest BCUT2D eigenvalue weighted by Crippen LogP contribution is 2.33. The molecular weight excluding hydrogens is 563 g/mol. The van der Waals surface area contributed by atoms with E-state index in [4.69, 9.17) is 9.47 Å². The van der Waals surface area contributed by atoms with Crippen LogP contribution in [0.4, 0.5) is 13.2 Å². The van der Waals surface area contributed by atoms with Crippen LogP contribution in [0.1, 0.15) is 11.6 Å². The Morgan fingerprint density at radius 3 is 2.30 bits per heavy atom. The number of benzene rings is 2. The van der Waals surface area contributed by atoms with Gasteiger partial charge in [-0.15, -0.1) is 5.10 Å². The molecule has 40 heavy (non-hydrogen) atoms. The van der Waals surface area contributed by atoms with E-state index in [2.05, 4.69) is 10.3 Å². The van der Waals surface area contributed by atoms with Crippen LogP contribution in [0.2, 0.25) is 0 Å². The fraction of sp³-hybridized carbons (Fsp3) is 0.375. The number of aromatic nitrogens is 3. The van der Waals surface area contributed by atoms with Gasteiger partial charge in [-0.3, -0.25) is 0 Å². The summed E-state index contributed by atoms with van der Waals surface area (Å²) in [6.45, 7) is -1.13. The molecule has 1 aromatic heterocycles. The first-order valence-corrected chi connectivity index (χ1v) is 13.5. The Morgan fingerprint density at radius 2 is 1.75 bits per heavy atom. The molecule has 3 aromatic rings. The van der Waals surface area contributed by atoms with Crippen LogP contribution in [-0.2, 0) is 30.7 Å². The lowest BCUT2D eigenvalue weighted by Gasteiger charge is -2.43. The molecule has 1 saturated heterocycles. The summed E-state index contributed by atoms with van der Waals surface area (Å²) in [5.41, 5.74) is 0.0332. The number of halogens is 3. The number of carboxylic acids is 1. The fourth-order valence-corrected chi connectivity index (χ4v) is 4.91. The van der Waals surface area contributed by atoms with Gasteiger partial charge >= 0.3 is 5.97 Å². The maximum absolute atomic E-state index is 13.7. The second-order valence-corrected chi connectivity index (χ2v) is 11.1. The largest absolute Gasteiger partial charge is 0.479 e. The second kappa shape index (κ2) is 11.6. The summed E-state index contributed by atoms with van der Waals surface area (Å²) < 4.78 is 75.9. The number of aliphatic carboxylic acids is 1. The van der Waals surface area contributed by atoms with Crippen LogP contribution in [0.3, 0.4) is 0 Å². The third-order valence-corrected chi connectivity index (χ3v) is 7.48. The Labute approximate surface area is 225 Å². The fourth-order valence-electron chi connectivity index (χ4n) is 4.28. The molecule has 0 spiro atoms. The van der Waals surface area contributed by atoms with Gasteiger partial charge in [0.05, 0.1) is 24.3 Å². The molecule has 0 amide bonds. The highest BCUT2D eigenvalue weighted by molar-refractivity contribution is 7.90. The molecule has 4 N–H and O–H groups in total. The number of carboxylic acid groups (broad SMARTS) is 1. The van der Waals surface area contributed by atoms with Crippen molar-refractivity contribution < 1.29 is 56.3 Å². The summed E-state index contributed by atoms with van der Waals surface area (Å²) in [6.07, 6.45) is -6.26. The van der Waals surface area contributed by atoms with Crippen molar-refractivity contribution in [3.63, 3.8) is 0 Å². The molecule has 16 heteroatoms. The summed E-state index contributed by atoms with van der Waals surface area (Å²) >= 11 is 0. The number of aliphatic hydroxyl groups is 3. The van der Waals surface area contributed by atoms with Gasteiger partial charge in [0.25, 0.3) is 0 Å². The minimum atomic E-state index is -3.46. The van der Waals surface area contributed by atoms with E-state index in [0.717, 1.165) is 17.1 Å². The third-order valence-electron chi connectivity index (χ3n) is 6.35. The summed E-state index contributed by atoms with van der Waals surface area (Å²) in [5, 5.41) is 48.9. The zero-order chi connectivity index (χ0) is 29.4. The topological polar surface area (TPSA) is 181 Å². The molecule has 2 aromatic carbocycles. The molecule has 3 unspecified atom stereocenters. The molecule has 0 radical (unpaired) electrons. The van der Waals surface area contributed by atoms with Crippen molar-refractivity contribution >= 4 is 15.8 Å². The molecule has 2 heterocycles. The van der Waals surface area contributed by atoms with Gasteiger partial charge in [0.15, 0.2) is 33.4 Å². The lowest BCUT2D eigenvalue weighted by Crippen LogP contribution is -2.60. The van der Waals surface area contributed by atoms with Gasteiger partial charge < -0.3 is 29.9 Å². The van der Waals surface area contributed by atoms with Crippen molar-refractivity contribution in [3.05, 3.63) is 65.6 Å². The van der Waals surface area contributed by atoms with Crippen LogP contribution in [-0.4, -0.2) is 93.2 Å². The van der Waals surface area contributed by atoms with Gasteiger partial charge in [0.1, 0.15) is 36.2 Å². The number of nitrogens with zero attached hydrogens (tertiary/aromatic N) is 3. The van der Waals surface area contributed by atoms with Crippen LogP contribution in [0.15, 0.2) is 47.5 Å². The summed E-state index contributed by atoms with van der Waals surface area (Å²) in [5.74, 6) is -6.21. The van der Waals surface area contributed by atoms with E-state index in [1.54, 1.807) is 0 Å². The van der Waals surface area contributed by atoms with E-state index in [9.17, 15) is 46.8 Å². The molecule has 6 atom stereocenters. The van der Waals surface area contributed by atoms with E-state index in [-0.39, 0.29) is 22.8 Å². The van der Waals surface area contributed by atoms with Crippen LogP contribution in [0, 0.1) is 17.5 Å². The average molecular weight is 588 g/mol.